The van der Waals surface area contributed by atoms with Crippen LogP contribution in [0.4, 0.5) is 11.5 Å². The van der Waals surface area contributed by atoms with Gasteiger partial charge >= 0.3 is 0 Å². The van der Waals surface area contributed by atoms with Gasteiger partial charge in [0.2, 0.25) is 0 Å². The molecule has 0 spiro atoms. The first-order valence-electron chi connectivity index (χ1n) is 6.17. The Bertz CT molecular complexity index is 684. The molecule has 0 saturated carbocycles. The van der Waals surface area contributed by atoms with Gasteiger partial charge < -0.3 is 10.6 Å². The number of nitro groups is 1. The molecule has 2 heterocycles. The molecule has 2 N–H and O–H groups in total. The Labute approximate surface area is 125 Å². The topological polar surface area (TPSA) is 97.2 Å². The number of amides is 1. The van der Waals surface area contributed by atoms with Crippen molar-refractivity contribution in [2.75, 3.05) is 12.4 Å². The highest BCUT2D eigenvalue weighted by molar-refractivity contribution is 7.11. The Morgan fingerprint density at radius 3 is 2.81 bits per heavy atom. The number of aryl methyl sites for hydroxylation is 1. The number of aromatic nitrogens is 1. The van der Waals surface area contributed by atoms with Gasteiger partial charge in [-0.25, -0.2) is 4.98 Å². The summed E-state index contributed by atoms with van der Waals surface area (Å²) in [7, 11) is 1.63. The van der Waals surface area contributed by atoms with Crippen LogP contribution in [0.5, 0.6) is 0 Å². The van der Waals surface area contributed by atoms with Crippen molar-refractivity contribution in [3.05, 3.63) is 49.8 Å². The van der Waals surface area contributed by atoms with Gasteiger partial charge in [0.05, 0.1) is 11.5 Å². The van der Waals surface area contributed by atoms with Crippen LogP contribution in [0.2, 0.25) is 0 Å². The second kappa shape index (κ2) is 6.31. The largest absolute Gasteiger partial charge is 0.373 e. The fourth-order valence-corrected chi connectivity index (χ4v) is 2.59. The molecule has 0 unspecified atom stereocenters. The molecular weight excluding hydrogens is 292 g/mol. The molecule has 0 bridgehead atoms. The minimum absolute atomic E-state index is 0.00683. The minimum atomic E-state index is -0.614. The molecule has 2 aromatic heterocycles. The van der Waals surface area contributed by atoms with E-state index in [0.717, 1.165) is 16.0 Å². The molecule has 110 valence electrons. The molecule has 7 nitrogen and oxygen atoms in total. The lowest BCUT2D eigenvalue weighted by Gasteiger charge is -2.06. The Morgan fingerprint density at radius 1 is 1.48 bits per heavy atom. The zero-order chi connectivity index (χ0) is 15.4. The van der Waals surface area contributed by atoms with E-state index in [0.29, 0.717) is 12.4 Å². The highest BCUT2D eigenvalue weighted by Gasteiger charge is 2.21. The Kier molecular flexibility index (Phi) is 4.49. The van der Waals surface area contributed by atoms with Gasteiger partial charge in [-0.05, 0) is 19.1 Å². The molecule has 0 fully saturated rings. The number of nitrogens with zero attached hydrogens (tertiary/aromatic N) is 2. The van der Waals surface area contributed by atoms with Crippen LogP contribution in [0, 0.1) is 17.0 Å². The number of anilines is 1. The van der Waals surface area contributed by atoms with E-state index < -0.39 is 10.8 Å². The normalized spacial score (nSPS) is 10.2. The van der Waals surface area contributed by atoms with Gasteiger partial charge in [0.25, 0.3) is 11.6 Å². The van der Waals surface area contributed by atoms with E-state index in [2.05, 4.69) is 15.6 Å². The quantitative estimate of drug-likeness (QED) is 0.652. The Hall–Kier alpha value is -2.48. The first-order valence-corrected chi connectivity index (χ1v) is 6.98. The minimum Gasteiger partial charge on any atom is -0.373 e. The van der Waals surface area contributed by atoms with Crippen molar-refractivity contribution in [3.8, 4) is 0 Å². The number of hydrogen-bond acceptors (Lipinski definition) is 6. The molecule has 2 aromatic rings. The van der Waals surface area contributed by atoms with Gasteiger partial charge in [0.1, 0.15) is 17.6 Å². The number of rotatable bonds is 5. The summed E-state index contributed by atoms with van der Waals surface area (Å²) >= 11 is 1.57. The van der Waals surface area contributed by atoms with E-state index >= 15 is 0 Å². The van der Waals surface area contributed by atoms with Crippen LogP contribution < -0.4 is 10.6 Å². The number of hydrogen-bond donors (Lipinski definition) is 2. The summed E-state index contributed by atoms with van der Waals surface area (Å²) in [4.78, 5) is 28.5. The van der Waals surface area contributed by atoms with Crippen molar-refractivity contribution in [1.82, 2.24) is 10.3 Å². The number of pyridine rings is 1. The van der Waals surface area contributed by atoms with Crippen molar-refractivity contribution in [2.24, 2.45) is 0 Å². The van der Waals surface area contributed by atoms with E-state index in [4.69, 9.17) is 0 Å². The molecule has 8 heteroatoms. The predicted octanol–water partition coefficient (Wildman–Crippen LogP) is 2.33. The fraction of sp³-hybridized carbons (Fsp3) is 0.231. The van der Waals surface area contributed by atoms with Gasteiger partial charge in [-0.3, -0.25) is 14.9 Å². The van der Waals surface area contributed by atoms with Crippen LogP contribution in [0.1, 0.15) is 20.1 Å². The van der Waals surface area contributed by atoms with Crippen LogP contribution in [0.15, 0.2) is 24.4 Å². The molecule has 0 atom stereocenters. The molecule has 1 amide bonds. The van der Waals surface area contributed by atoms with Gasteiger partial charge in [0.15, 0.2) is 0 Å². The third-order valence-electron chi connectivity index (χ3n) is 2.80. The van der Waals surface area contributed by atoms with Crippen LogP contribution >= 0.6 is 11.3 Å². The molecule has 0 aliphatic heterocycles. The smallest absolute Gasteiger partial charge is 0.300 e. The highest BCUT2D eigenvalue weighted by atomic mass is 32.1. The molecule has 0 aliphatic rings. The first-order chi connectivity index (χ1) is 10.0. The number of thiophene rings is 1. The number of nitrogens with one attached hydrogen (secondary N) is 2. The maximum absolute atomic E-state index is 12.2. The van der Waals surface area contributed by atoms with Gasteiger partial charge in [-0.15, -0.1) is 11.3 Å². The molecule has 0 saturated heterocycles. The number of carbonyl (C=O) groups is 1. The third kappa shape index (κ3) is 3.54. The van der Waals surface area contributed by atoms with Crippen molar-refractivity contribution in [3.63, 3.8) is 0 Å². The summed E-state index contributed by atoms with van der Waals surface area (Å²) < 4.78 is 0. The van der Waals surface area contributed by atoms with E-state index in [1.54, 1.807) is 18.4 Å². The average Bonchev–Trinajstić information content (AvgIpc) is 2.89. The molecule has 21 heavy (non-hydrogen) atoms. The Balaban J connectivity index is 2.19. The monoisotopic (exact) mass is 306 g/mol. The van der Waals surface area contributed by atoms with E-state index in [1.807, 2.05) is 19.1 Å². The molecule has 0 aromatic carbocycles. The summed E-state index contributed by atoms with van der Waals surface area (Å²) in [5.74, 6) is -0.0932. The molecule has 0 radical (unpaired) electrons. The average molecular weight is 306 g/mol. The van der Waals surface area contributed by atoms with Crippen molar-refractivity contribution >= 4 is 28.7 Å². The summed E-state index contributed by atoms with van der Waals surface area (Å²) in [6, 6.07) is 5.24. The van der Waals surface area contributed by atoms with E-state index in [-0.39, 0.29) is 11.3 Å². The van der Waals surface area contributed by atoms with Crippen LogP contribution in [0.3, 0.4) is 0 Å². The first kappa shape index (κ1) is 14.9. The standard InChI is InChI=1S/C13H14N4O3S/c1-8-3-4-9(21-8)6-16-13(18)10-5-12(14-2)15-7-11(10)17(19)20/h3-5,7H,6H2,1-2H3,(H,14,15)(H,16,18). The van der Waals surface area contributed by atoms with Crippen LogP contribution in [-0.2, 0) is 6.54 Å². The summed E-state index contributed by atoms with van der Waals surface area (Å²) in [5, 5.41) is 16.4. The van der Waals surface area contributed by atoms with Crippen LogP contribution in [0.25, 0.3) is 0 Å². The summed E-state index contributed by atoms with van der Waals surface area (Å²) in [6.45, 7) is 2.31. The van der Waals surface area contributed by atoms with Crippen molar-refractivity contribution in [1.29, 1.82) is 0 Å². The zero-order valence-electron chi connectivity index (χ0n) is 11.5. The summed E-state index contributed by atoms with van der Waals surface area (Å²) in [6.07, 6.45) is 1.08. The second-order valence-electron chi connectivity index (χ2n) is 4.29. The van der Waals surface area contributed by atoms with Gasteiger partial charge in [-0.2, -0.15) is 0 Å². The van der Waals surface area contributed by atoms with Gasteiger partial charge in [-0.1, -0.05) is 0 Å². The Morgan fingerprint density at radius 2 is 2.24 bits per heavy atom. The lowest BCUT2D eigenvalue weighted by Crippen LogP contribution is -2.23. The molecular formula is C13H14N4O3S. The van der Waals surface area contributed by atoms with Crippen LogP contribution in [-0.4, -0.2) is 22.9 Å². The predicted molar refractivity (Wildman–Crippen MR) is 80.7 cm³/mol. The highest BCUT2D eigenvalue weighted by Crippen LogP contribution is 2.20. The van der Waals surface area contributed by atoms with E-state index in [9.17, 15) is 14.9 Å². The van der Waals surface area contributed by atoms with Crippen molar-refractivity contribution in [2.45, 2.75) is 13.5 Å². The fourth-order valence-electron chi connectivity index (χ4n) is 1.75. The number of carbonyl (C=O) groups excluding carboxylic acids is 1. The lowest BCUT2D eigenvalue weighted by molar-refractivity contribution is -0.385. The third-order valence-corrected chi connectivity index (χ3v) is 3.80. The lowest BCUT2D eigenvalue weighted by atomic mass is 10.2. The molecule has 0 aliphatic carbocycles. The SMILES string of the molecule is CNc1cc(C(=O)NCc2ccc(C)s2)c([N+](=O)[O-])cn1. The maximum atomic E-state index is 12.2. The zero-order valence-corrected chi connectivity index (χ0v) is 12.4. The molecule has 2 rings (SSSR count). The van der Waals surface area contributed by atoms with E-state index in [1.165, 1.54) is 6.07 Å². The maximum Gasteiger partial charge on any atom is 0.300 e. The van der Waals surface area contributed by atoms with Crippen molar-refractivity contribution < 1.29 is 9.72 Å². The van der Waals surface area contributed by atoms with Gasteiger partial charge in [0, 0.05) is 22.9 Å². The summed E-state index contributed by atoms with van der Waals surface area (Å²) in [5.41, 5.74) is -0.318. The second-order valence-corrected chi connectivity index (χ2v) is 5.66.